The number of likely N-dealkylation sites (N-methyl/N-ethyl adjacent to an activating group) is 1. The summed E-state index contributed by atoms with van der Waals surface area (Å²) >= 11 is 0. The number of carbonyl (C=O) groups is 1. The summed E-state index contributed by atoms with van der Waals surface area (Å²) in [5.41, 5.74) is -0.483. The molecule has 0 bridgehead atoms. The molecule has 0 aliphatic carbocycles. The van der Waals surface area contributed by atoms with Crippen LogP contribution in [0.25, 0.3) is 0 Å². The number of H-pyrrole nitrogens is 1. The van der Waals surface area contributed by atoms with E-state index < -0.39 is 29.0 Å². The van der Waals surface area contributed by atoms with Gasteiger partial charge in [-0.3, -0.25) is 14.6 Å². The Morgan fingerprint density at radius 1 is 1.28 bits per heavy atom. The van der Waals surface area contributed by atoms with Crippen LogP contribution in [0.3, 0.4) is 0 Å². The highest BCUT2D eigenvalue weighted by molar-refractivity contribution is 6.04. The smallest absolute Gasteiger partial charge is 0.278 e. The molecule has 1 atom stereocenters. The van der Waals surface area contributed by atoms with Crippen molar-refractivity contribution in [3.8, 4) is 5.75 Å². The van der Waals surface area contributed by atoms with Crippen LogP contribution in [-0.2, 0) is 4.79 Å². The molecule has 0 saturated carbocycles. The molecule has 1 aromatic heterocycles. The van der Waals surface area contributed by atoms with E-state index >= 15 is 0 Å². The highest BCUT2D eigenvalue weighted by Gasteiger charge is 2.36. The van der Waals surface area contributed by atoms with Crippen molar-refractivity contribution in [1.29, 1.82) is 0 Å². The number of halogens is 2. The molecular formula is C19H23F2N5O3. The van der Waals surface area contributed by atoms with Gasteiger partial charge in [-0.05, 0) is 19.3 Å². The minimum absolute atomic E-state index is 0.0390. The van der Waals surface area contributed by atoms with Crippen LogP contribution in [0.5, 0.6) is 5.75 Å². The van der Waals surface area contributed by atoms with Crippen molar-refractivity contribution < 1.29 is 18.7 Å². The Kier molecular flexibility index (Phi) is 5.45. The Bertz CT molecular complexity index is 985. The molecule has 0 saturated heterocycles. The van der Waals surface area contributed by atoms with Crippen LogP contribution in [0.2, 0.25) is 0 Å². The number of hydrogen-bond acceptors (Lipinski definition) is 6. The van der Waals surface area contributed by atoms with E-state index in [-0.39, 0.29) is 23.2 Å². The molecule has 0 fully saturated rings. The fourth-order valence-electron chi connectivity index (χ4n) is 3.20. The van der Waals surface area contributed by atoms with Crippen LogP contribution in [0.4, 0.5) is 31.9 Å². The number of anilines is 4. The normalized spacial score (nSPS) is 16.4. The molecule has 2 heterocycles. The summed E-state index contributed by atoms with van der Waals surface area (Å²) in [7, 11) is 1.51. The maximum absolute atomic E-state index is 13.6. The molecule has 1 amide bonds. The Hall–Kier alpha value is -3.17. The van der Waals surface area contributed by atoms with Crippen LogP contribution < -0.4 is 20.7 Å². The van der Waals surface area contributed by atoms with E-state index in [0.29, 0.717) is 18.3 Å². The van der Waals surface area contributed by atoms with Crippen molar-refractivity contribution in [3.05, 3.63) is 34.1 Å². The van der Waals surface area contributed by atoms with Gasteiger partial charge in [0.15, 0.2) is 28.9 Å². The van der Waals surface area contributed by atoms with Gasteiger partial charge < -0.3 is 20.2 Å². The number of nitrogens with zero attached hydrogens (tertiary/aromatic N) is 3. The highest BCUT2D eigenvalue weighted by Crippen LogP contribution is 2.32. The fraction of sp³-hybridized carbons (Fsp3) is 0.421. The SMILES string of the molecule is CC(C)CCN1c2nc(Nc3cc(F)c(O)c(F)c3)[nH]c(=O)c2N(C)C(=O)C1C. The lowest BCUT2D eigenvalue weighted by atomic mass is 10.1. The number of amides is 1. The van der Waals surface area contributed by atoms with E-state index in [1.54, 1.807) is 11.8 Å². The molecular weight excluding hydrogens is 384 g/mol. The Balaban J connectivity index is 2.04. The second kappa shape index (κ2) is 7.69. The lowest BCUT2D eigenvalue weighted by Crippen LogP contribution is -2.53. The maximum atomic E-state index is 13.6. The van der Waals surface area contributed by atoms with Gasteiger partial charge in [-0.2, -0.15) is 4.98 Å². The van der Waals surface area contributed by atoms with Gasteiger partial charge in [0.2, 0.25) is 11.9 Å². The second-order valence-corrected chi connectivity index (χ2v) is 7.45. The Morgan fingerprint density at radius 3 is 2.48 bits per heavy atom. The molecule has 1 unspecified atom stereocenters. The standard InChI is InChI=1S/C19H23F2N5O3/c1-9(2)5-6-26-10(3)18(29)25(4)14-16(26)23-19(24-17(14)28)22-11-7-12(20)15(27)13(21)8-11/h7-10,27H,5-6H2,1-4H3,(H2,22,23,24,28). The number of fused-ring (bicyclic) bond motifs is 1. The van der Waals surface area contributed by atoms with E-state index in [2.05, 4.69) is 29.1 Å². The molecule has 156 valence electrons. The third kappa shape index (κ3) is 3.87. The Labute approximate surface area is 166 Å². The predicted octanol–water partition coefficient (Wildman–Crippen LogP) is 2.71. The first-order chi connectivity index (χ1) is 13.6. The minimum atomic E-state index is -1.15. The quantitative estimate of drug-likeness (QED) is 0.659. The molecule has 1 aromatic carbocycles. The van der Waals surface area contributed by atoms with E-state index in [9.17, 15) is 23.5 Å². The van der Waals surface area contributed by atoms with E-state index in [1.807, 2.05) is 0 Å². The number of hydrogen-bond donors (Lipinski definition) is 3. The number of aromatic nitrogens is 2. The van der Waals surface area contributed by atoms with Gasteiger partial charge in [0.25, 0.3) is 5.56 Å². The third-order valence-corrected chi connectivity index (χ3v) is 4.87. The van der Waals surface area contributed by atoms with Crippen molar-refractivity contribution in [2.24, 2.45) is 5.92 Å². The van der Waals surface area contributed by atoms with Crippen LogP contribution >= 0.6 is 0 Å². The largest absolute Gasteiger partial charge is 0.503 e. The average Bonchev–Trinajstić information content (AvgIpc) is 2.63. The number of nitrogens with one attached hydrogen (secondary N) is 2. The van der Waals surface area contributed by atoms with E-state index in [1.165, 1.54) is 11.9 Å². The molecule has 3 rings (SSSR count). The summed E-state index contributed by atoms with van der Waals surface area (Å²) in [6.07, 6.45) is 0.784. The summed E-state index contributed by atoms with van der Waals surface area (Å²) in [6.45, 7) is 6.36. The summed E-state index contributed by atoms with van der Waals surface area (Å²) in [5, 5.41) is 11.9. The van der Waals surface area contributed by atoms with E-state index in [4.69, 9.17) is 0 Å². The van der Waals surface area contributed by atoms with Gasteiger partial charge in [0.05, 0.1) is 0 Å². The zero-order valence-corrected chi connectivity index (χ0v) is 16.6. The molecule has 10 heteroatoms. The number of aromatic hydroxyl groups is 1. The highest BCUT2D eigenvalue weighted by atomic mass is 19.1. The van der Waals surface area contributed by atoms with Crippen molar-refractivity contribution in [2.75, 3.05) is 28.7 Å². The number of benzene rings is 1. The zero-order valence-electron chi connectivity index (χ0n) is 16.6. The van der Waals surface area contributed by atoms with Crippen LogP contribution in [-0.4, -0.2) is 40.6 Å². The van der Waals surface area contributed by atoms with Crippen LogP contribution in [0, 0.1) is 17.6 Å². The third-order valence-electron chi connectivity index (χ3n) is 4.87. The first kappa shape index (κ1) is 20.6. The van der Waals surface area contributed by atoms with Crippen molar-refractivity contribution in [2.45, 2.75) is 33.2 Å². The average molecular weight is 407 g/mol. The van der Waals surface area contributed by atoms with Gasteiger partial charge in [-0.1, -0.05) is 13.8 Å². The molecule has 29 heavy (non-hydrogen) atoms. The summed E-state index contributed by atoms with van der Waals surface area (Å²) < 4.78 is 27.2. The maximum Gasteiger partial charge on any atom is 0.278 e. The molecule has 0 radical (unpaired) electrons. The number of aromatic amines is 1. The van der Waals surface area contributed by atoms with Gasteiger partial charge in [-0.15, -0.1) is 0 Å². The van der Waals surface area contributed by atoms with Gasteiger partial charge in [0, 0.05) is 31.4 Å². The lowest BCUT2D eigenvalue weighted by Gasteiger charge is -2.39. The second-order valence-electron chi connectivity index (χ2n) is 7.45. The molecule has 3 N–H and O–H groups in total. The summed E-state index contributed by atoms with van der Waals surface area (Å²) in [5.74, 6) is -2.96. The minimum Gasteiger partial charge on any atom is -0.503 e. The van der Waals surface area contributed by atoms with Gasteiger partial charge in [0.1, 0.15) is 6.04 Å². The van der Waals surface area contributed by atoms with Gasteiger partial charge in [-0.25, -0.2) is 8.78 Å². The van der Waals surface area contributed by atoms with Gasteiger partial charge >= 0.3 is 0 Å². The first-order valence-electron chi connectivity index (χ1n) is 9.23. The predicted molar refractivity (Wildman–Crippen MR) is 106 cm³/mol. The first-order valence-corrected chi connectivity index (χ1v) is 9.23. The number of phenols is 1. The van der Waals surface area contributed by atoms with E-state index in [0.717, 1.165) is 18.6 Å². The zero-order chi connectivity index (χ0) is 21.5. The van der Waals surface area contributed by atoms with Crippen LogP contribution in [0.15, 0.2) is 16.9 Å². The summed E-state index contributed by atoms with van der Waals surface area (Å²) in [6, 6.07) is 1.25. The summed E-state index contributed by atoms with van der Waals surface area (Å²) in [4.78, 5) is 35.1. The monoisotopic (exact) mass is 407 g/mol. The van der Waals surface area contributed by atoms with Crippen molar-refractivity contribution in [1.82, 2.24) is 9.97 Å². The number of rotatable bonds is 5. The van der Waals surface area contributed by atoms with Crippen molar-refractivity contribution in [3.63, 3.8) is 0 Å². The van der Waals surface area contributed by atoms with Crippen molar-refractivity contribution >= 4 is 29.0 Å². The fourth-order valence-corrected chi connectivity index (χ4v) is 3.20. The molecule has 2 aromatic rings. The molecule has 8 nitrogen and oxygen atoms in total. The molecule has 1 aliphatic heterocycles. The lowest BCUT2D eigenvalue weighted by molar-refractivity contribution is -0.119. The topological polar surface area (TPSA) is 102 Å². The Morgan fingerprint density at radius 2 is 1.90 bits per heavy atom. The van der Waals surface area contributed by atoms with Crippen LogP contribution in [0.1, 0.15) is 27.2 Å². The molecule has 0 spiro atoms. The molecule has 1 aliphatic rings. The number of phenolic OH excluding ortho intramolecular Hbond substituents is 1. The number of carbonyl (C=O) groups excluding carboxylic acids is 1.